The number of nitrogens with one attached hydrogen (secondary N) is 2. The standard InChI is InChI=1S/C23H25N3O2S/c1-3-26(15-18-8-5-4-7-17(18)2)16-22(27)24-19-10-12-20(13-11-19)25-23(28)21-9-6-14-29-21/h4-14H,3,15-16H2,1-2H3,(H,24,27)(H,25,28). The molecule has 2 N–H and O–H groups in total. The Morgan fingerprint density at radius 2 is 1.62 bits per heavy atom. The maximum atomic E-state index is 12.5. The summed E-state index contributed by atoms with van der Waals surface area (Å²) in [5.41, 5.74) is 3.85. The average Bonchev–Trinajstić information content (AvgIpc) is 3.25. The van der Waals surface area contributed by atoms with Crippen LogP contribution in [0.4, 0.5) is 11.4 Å². The molecule has 3 aromatic rings. The fourth-order valence-corrected chi connectivity index (χ4v) is 3.57. The average molecular weight is 408 g/mol. The van der Waals surface area contributed by atoms with Gasteiger partial charge in [0, 0.05) is 17.9 Å². The fourth-order valence-electron chi connectivity index (χ4n) is 2.95. The van der Waals surface area contributed by atoms with Crippen LogP contribution in [0.15, 0.2) is 66.0 Å². The van der Waals surface area contributed by atoms with E-state index in [4.69, 9.17) is 0 Å². The van der Waals surface area contributed by atoms with E-state index in [0.717, 1.165) is 13.1 Å². The quantitative estimate of drug-likeness (QED) is 0.565. The number of carbonyl (C=O) groups excluding carboxylic acids is 2. The first-order valence-corrected chi connectivity index (χ1v) is 10.4. The van der Waals surface area contributed by atoms with Crippen molar-refractivity contribution in [3.05, 3.63) is 82.0 Å². The summed E-state index contributed by atoms with van der Waals surface area (Å²) in [6, 6.07) is 19.0. The van der Waals surface area contributed by atoms with Gasteiger partial charge in [0.2, 0.25) is 5.91 Å². The van der Waals surface area contributed by atoms with E-state index in [1.54, 1.807) is 30.3 Å². The Labute approximate surface area is 175 Å². The van der Waals surface area contributed by atoms with Gasteiger partial charge < -0.3 is 10.6 Å². The molecule has 0 atom stereocenters. The summed E-state index contributed by atoms with van der Waals surface area (Å²) < 4.78 is 0. The number of amides is 2. The van der Waals surface area contributed by atoms with Crippen molar-refractivity contribution in [2.24, 2.45) is 0 Å². The summed E-state index contributed by atoms with van der Waals surface area (Å²) in [7, 11) is 0. The SMILES string of the molecule is CCN(CC(=O)Nc1ccc(NC(=O)c2cccs2)cc1)Cc1ccccc1C. The minimum Gasteiger partial charge on any atom is -0.325 e. The van der Waals surface area contributed by atoms with Gasteiger partial charge in [-0.2, -0.15) is 0 Å². The number of anilines is 2. The lowest BCUT2D eigenvalue weighted by atomic mass is 10.1. The van der Waals surface area contributed by atoms with E-state index >= 15 is 0 Å². The van der Waals surface area contributed by atoms with Gasteiger partial charge in [-0.3, -0.25) is 14.5 Å². The van der Waals surface area contributed by atoms with Gasteiger partial charge in [0.05, 0.1) is 11.4 Å². The molecule has 0 aliphatic rings. The molecule has 1 heterocycles. The van der Waals surface area contributed by atoms with Crippen LogP contribution in [0.25, 0.3) is 0 Å². The van der Waals surface area contributed by atoms with Crippen LogP contribution in [0, 0.1) is 6.92 Å². The van der Waals surface area contributed by atoms with Gasteiger partial charge in [0.25, 0.3) is 5.91 Å². The molecular weight excluding hydrogens is 382 g/mol. The number of carbonyl (C=O) groups is 2. The zero-order valence-electron chi connectivity index (χ0n) is 16.6. The van der Waals surface area contributed by atoms with E-state index in [9.17, 15) is 9.59 Å². The molecule has 0 bridgehead atoms. The van der Waals surface area contributed by atoms with Crippen molar-refractivity contribution in [3.8, 4) is 0 Å². The van der Waals surface area contributed by atoms with Crippen LogP contribution in [0.5, 0.6) is 0 Å². The predicted octanol–water partition coefficient (Wildman–Crippen LogP) is 4.77. The summed E-state index contributed by atoms with van der Waals surface area (Å²) in [5, 5.41) is 7.64. The zero-order valence-corrected chi connectivity index (χ0v) is 17.5. The van der Waals surface area contributed by atoms with Crippen LogP contribution in [0.2, 0.25) is 0 Å². The largest absolute Gasteiger partial charge is 0.325 e. The van der Waals surface area contributed by atoms with Crippen molar-refractivity contribution in [2.45, 2.75) is 20.4 Å². The first kappa shape index (κ1) is 20.8. The fraction of sp³-hybridized carbons (Fsp3) is 0.217. The molecule has 2 amide bonds. The molecule has 0 aliphatic carbocycles. The lowest BCUT2D eigenvalue weighted by Gasteiger charge is -2.21. The Morgan fingerprint density at radius 1 is 0.931 bits per heavy atom. The Bertz CT molecular complexity index is 953. The first-order valence-electron chi connectivity index (χ1n) is 9.57. The molecule has 1 aromatic heterocycles. The van der Waals surface area contributed by atoms with Gasteiger partial charge in [-0.05, 0) is 60.3 Å². The normalized spacial score (nSPS) is 10.7. The molecule has 3 rings (SSSR count). The minimum atomic E-state index is -0.133. The van der Waals surface area contributed by atoms with E-state index in [1.165, 1.54) is 22.5 Å². The maximum Gasteiger partial charge on any atom is 0.265 e. The molecule has 2 aromatic carbocycles. The molecule has 0 radical (unpaired) electrons. The second-order valence-corrected chi connectivity index (χ2v) is 7.73. The van der Waals surface area contributed by atoms with Gasteiger partial charge in [-0.1, -0.05) is 37.3 Å². The Hall–Kier alpha value is -2.96. The number of hydrogen-bond donors (Lipinski definition) is 2. The van der Waals surface area contributed by atoms with E-state index < -0.39 is 0 Å². The van der Waals surface area contributed by atoms with Crippen molar-refractivity contribution in [1.29, 1.82) is 0 Å². The van der Waals surface area contributed by atoms with Crippen molar-refractivity contribution in [2.75, 3.05) is 23.7 Å². The van der Waals surface area contributed by atoms with Gasteiger partial charge in [0.1, 0.15) is 0 Å². The smallest absolute Gasteiger partial charge is 0.265 e. The van der Waals surface area contributed by atoms with Crippen molar-refractivity contribution in [3.63, 3.8) is 0 Å². The second-order valence-electron chi connectivity index (χ2n) is 6.79. The van der Waals surface area contributed by atoms with Crippen molar-refractivity contribution in [1.82, 2.24) is 4.90 Å². The first-order chi connectivity index (χ1) is 14.0. The third-order valence-corrected chi connectivity index (χ3v) is 5.51. The van der Waals surface area contributed by atoms with Gasteiger partial charge in [0.15, 0.2) is 0 Å². The highest BCUT2D eigenvalue weighted by atomic mass is 32.1. The molecular formula is C23H25N3O2S. The summed E-state index contributed by atoms with van der Waals surface area (Å²) in [4.78, 5) is 27.3. The molecule has 0 spiro atoms. The molecule has 0 saturated heterocycles. The molecule has 6 heteroatoms. The second kappa shape index (κ2) is 10.0. The topological polar surface area (TPSA) is 61.4 Å². The Morgan fingerprint density at radius 3 is 2.24 bits per heavy atom. The van der Waals surface area contributed by atoms with Crippen molar-refractivity contribution < 1.29 is 9.59 Å². The Balaban J connectivity index is 1.53. The zero-order chi connectivity index (χ0) is 20.6. The lowest BCUT2D eigenvalue weighted by Crippen LogP contribution is -2.33. The lowest BCUT2D eigenvalue weighted by molar-refractivity contribution is -0.117. The Kier molecular flexibility index (Phi) is 7.16. The predicted molar refractivity (Wildman–Crippen MR) is 119 cm³/mol. The van der Waals surface area contributed by atoms with Crippen LogP contribution < -0.4 is 10.6 Å². The van der Waals surface area contributed by atoms with Crippen LogP contribution in [0.1, 0.15) is 27.7 Å². The van der Waals surface area contributed by atoms with E-state index in [2.05, 4.69) is 41.5 Å². The molecule has 0 saturated carbocycles. The molecule has 0 fully saturated rings. The summed E-state index contributed by atoms with van der Waals surface area (Å²) in [6.07, 6.45) is 0. The summed E-state index contributed by atoms with van der Waals surface area (Å²) >= 11 is 1.40. The van der Waals surface area contributed by atoms with E-state index in [-0.39, 0.29) is 11.8 Å². The third-order valence-electron chi connectivity index (χ3n) is 4.64. The van der Waals surface area contributed by atoms with Gasteiger partial charge in [-0.25, -0.2) is 0 Å². The third kappa shape index (κ3) is 6.01. The van der Waals surface area contributed by atoms with Crippen LogP contribution in [-0.4, -0.2) is 29.8 Å². The van der Waals surface area contributed by atoms with Gasteiger partial charge >= 0.3 is 0 Å². The highest BCUT2D eigenvalue weighted by molar-refractivity contribution is 7.12. The van der Waals surface area contributed by atoms with Crippen molar-refractivity contribution >= 4 is 34.5 Å². The molecule has 150 valence electrons. The summed E-state index contributed by atoms with van der Waals surface area (Å²) in [6.45, 7) is 5.99. The van der Waals surface area contributed by atoms with E-state index in [0.29, 0.717) is 22.8 Å². The number of hydrogen-bond acceptors (Lipinski definition) is 4. The maximum absolute atomic E-state index is 12.5. The summed E-state index contributed by atoms with van der Waals surface area (Å²) in [5.74, 6) is -0.192. The number of nitrogens with zero attached hydrogens (tertiary/aromatic N) is 1. The van der Waals surface area contributed by atoms with E-state index in [1.807, 2.05) is 23.6 Å². The number of aryl methyl sites for hydroxylation is 1. The molecule has 0 unspecified atom stereocenters. The number of thiophene rings is 1. The highest BCUT2D eigenvalue weighted by Gasteiger charge is 2.12. The molecule has 0 aliphatic heterocycles. The van der Waals surface area contributed by atoms with Crippen LogP contribution in [0.3, 0.4) is 0 Å². The minimum absolute atomic E-state index is 0.0594. The van der Waals surface area contributed by atoms with Gasteiger partial charge in [-0.15, -0.1) is 11.3 Å². The number of likely N-dealkylation sites (N-methyl/N-ethyl adjacent to an activating group) is 1. The van der Waals surface area contributed by atoms with Crippen LogP contribution >= 0.6 is 11.3 Å². The highest BCUT2D eigenvalue weighted by Crippen LogP contribution is 2.17. The van der Waals surface area contributed by atoms with Crippen LogP contribution in [-0.2, 0) is 11.3 Å². The number of benzene rings is 2. The number of rotatable bonds is 8. The monoisotopic (exact) mass is 407 g/mol. The molecule has 5 nitrogen and oxygen atoms in total. The molecule has 29 heavy (non-hydrogen) atoms.